The van der Waals surface area contributed by atoms with Gasteiger partial charge >= 0.3 is 0 Å². The molecule has 2 atom stereocenters. The second-order valence-electron chi connectivity index (χ2n) is 5.25. The Morgan fingerprint density at radius 3 is 2.83 bits per heavy atom. The van der Waals surface area contributed by atoms with E-state index in [0.717, 1.165) is 17.0 Å². The lowest BCUT2D eigenvalue weighted by Gasteiger charge is -2.31. The van der Waals surface area contributed by atoms with Crippen LogP contribution in [0, 0.1) is 5.92 Å². The quantitative estimate of drug-likeness (QED) is 0.866. The fraction of sp³-hybridized carbons (Fsp3) is 0.500. The summed E-state index contributed by atoms with van der Waals surface area (Å²) in [6.45, 7) is 1.77. The molecule has 0 aromatic heterocycles. The van der Waals surface area contributed by atoms with Gasteiger partial charge in [0.1, 0.15) is 5.75 Å². The average molecular weight is 246 g/mol. The third kappa shape index (κ3) is 1.77. The molecule has 18 heavy (non-hydrogen) atoms. The van der Waals surface area contributed by atoms with E-state index in [2.05, 4.69) is 0 Å². The number of anilines is 1. The molecule has 2 unspecified atom stereocenters. The number of rotatable bonds is 2. The second-order valence-corrected chi connectivity index (χ2v) is 5.25. The first-order valence-corrected chi connectivity index (χ1v) is 6.41. The SMILES string of the molecule is CC1Oc2ccc(C(N)C3CC3)cc2N(C)C1=O. The minimum Gasteiger partial charge on any atom is -0.479 e. The Labute approximate surface area is 107 Å². The van der Waals surface area contributed by atoms with E-state index in [0.29, 0.717) is 5.92 Å². The topological polar surface area (TPSA) is 55.6 Å². The number of nitrogens with zero attached hydrogens (tertiary/aromatic N) is 1. The van der Waals surface area contributed by atoms with E-state index in [4.69, 9.17) is 10.5 Å². The molecule has 1 heterocycles. The highest BCUT2D eigenvalue weighted by Crippen LogP contribution is 2.42. The van der Waals surface area contributed by atoms with Gasteiger partial charge in [0, 0.05) is 13.1 Å². The number of benzene rings is 1. The largest absolute Gasteiger partial charge is 0.479 e. The molecule has 0 spiro atoms. The number of hydrogen-bond acceptors (Lipinski definition) is 3. The molecule has 1 aromatic rings. The smallest absolute Gasteiger partial charge is 0.267 e. The van der Waals surface area contributed by atoms with Crippen LogP contribution in [0.15, 0.2) is 18.2 Å². The van der Waals surface area contributed by atoms with Gasteiger partial charge in [-0.2, -0.15) is 0 Å². The van der Waals surface area contributed by atoms with Gasteiger partial charge in [-0.1, -0.05) is 6.07 Å². The van der Waals surface area contributed by atoms with E-state index in [1.165, 1.54) is 12.8 Å². The summed E-state index contributed by atoms with van der Waals surface area (Å²) in [5.74, 6) is 1.35. The summed E-state index contributed by atoms with van der Waals surface area (Å²) >= 11 is 0. The van der Waals surface area contributed by atoms with Gasteiger partial charge in [-0.05, 0) is 43.4 Å². The number of likely N-dealkylation sites (N-methyl/N-ethyl adjacent to an activating group) is 1. The van der Waals surface area contributed by atoms with Crippen LogP contribution in [0.1, 0.15) is 31.4 Å². The number of hydrogen-bond donors (Lipinski definition) is 1. The van der Waals surface area contributed by atoms with Gasteiger partial charge in [-0.25, -0.2) is 0 Å². The molecule has 4 heteroatoms. The standard InChI is InChI=1S/C14H18N2O2/c1-8-14(17)16(2)11-7-10(5-6-12(11)18-8)13(15)9-3-4-9/h5-9,13H,3-4,15H2,1-2H3. The van der Waals surface area contributed by atoms with Crippen molar-refractivity contribution in [1.82, 2.24) is 0 Å². The molecule has 1 aliphatic heterocycles. The second kappa shape index (κ2) is 3.99. The number of ether oxygens (including phenoxy) is 1. The van der Waals surface area contributed by atoms with Gasteiger partial charge < -0.3 is 15.4 Å². The molecule has 1 fully saturated rings. The van der Waals surface area contributed by atoms with Crippen molar-refractivity contribution in [2.75, 3.05) is 11.9 Å². The van der Waals surface area contributed by atoms with E-state index in [1.54, 1.807) is 18.9 Å². The Balaban J connectivity index is 1.96. The predicted molar refractivity (Wildman–Crippen MR) is 69.6 cm³/mol. The number of nitrogens with two attached hydrogens (primary N) is 1. The summed E-state index contributed by atoms with van der Waals surface area (Å²) in [4.78, 5) is 13.5. The maximum Gasteiger partial charge on any atom is 0.267 e. The summed E-state index contributed by atoms with van der Waals surface area (Å²) in [6.07, 6.45) is 2.01. The van der Waals surface area contributed by atoms with Gasteiger partial charge in [-0.15, -0.1) is 0 Å². The first-order valence-electron chi connectivity index (χ1n) is 6.41. The molecule has 0 saturated heterocycles. The molecule has 1 aliphatic carbocycles. The molecule has 0 radical (unpaired) electrons. The minimum atomic E-state index is -0.412. The van der Waals surface area contributed by atoms with E-state index < -0.39 is 6.10 Å². The van der Waals surface area contributed by atoms with Crippen molar-refractivity contribution in [3.05, 3.63) is 23.8 Å². The van der Waals surface area contributed by atoms with Crippen LogP contribution in [0.4, 0.5) is 5.69 Å². The zero-order chi connectivity index (χ0) is 12.9. The van der Waals surface area contributed by atoms with E-state index >= 15 is 0 Å². The molecule has 2 N–H and O–H groups in total. The highest BCUT2D eigenvalue weighted by atomic mass is 16.5. The first kappa shape index (κ1) is 11.5. The molecular formula is C14H18N2O2. The van der Waals surface area contributed by atoms with E-state index in [-0.39, 0.29) is 11.9 Å². The molecule has 2 aliphatic rings. The first-order chi connectivity index (χ1) is 8.58. The van der Waals surface area contributed by atoms with Crippen LogP contribution < -0.4 is 15.4 Å². The van der Waals surface area contributed by atoms with Crippen molar-refractivity contribution in [3.63, 3.8) is 0 Å². The van der Waals surface area contributed by atoms with Crippen LogP contribution in [0.25, 0.3) is 0 Å². The normalized spacial score (nSPS) is 24.5. The summed E-state index contributed by atoms with van der Waals surface area (Å²) in [6, 6.07) is 6.00. The van der Waals surface area contributed by atoms with Crippen molar-refractivity contribution < 1.29 is 9.53 Å². The van der Waals surface area contributed by atoms with Crippen LogP contribution in [0.3, 0.4) is 0 Å². The Hall–Kier alpha value is -1.55. The van der Waals surface area contributed by atoms with Crippen LogP contribution in [-0.2, 0) is 4.79 Å². The van der Waals surface area contributed by atoms with Gasteiger partial charge in [0.25, 0.3) is 5.91 Å². The zero-order valence-corrected chi connectivity index (χ0v) is 10.7. The van der Waals surface area contributed by atoms with Gasteiger partial charge in [0.15, 0.2) is 6.10 Å². The Morgan fingerprint density at radius 2 is 2.17 bits per heavy atom. The molecule has 0 bridgehead atoms. The third-order valence-electron chi connectivity index (χ3n) is 3.84. The monoisotopic (exact) mass is 246 g/mol. The Kier molecular flexibility index (Phi) is 2.55. The molecule has 1 saturated carbocycles. The maximum atomic E-state index is 11.9. The summed E-state index contributed by atoms with van der Waals surface area (Å²) in [7, 11) is 1.78. The lowest BCUT2D eigenvalue weighted by Crippen LogP contribution is -2.42. The van der Waals surface area contributed by atoms with Crippen LogP contribution in [0.2, 0.25) is 0 Å². The van der Waals surface area contributed by atoms with Gasteiger partial charge in [0.05, 0.1) is 5.69 Å². The molecule has 1 amide bonds. The van der Waals surface area contributed by atoms with Crippen LogP contribution >= 0.6 is 0 Å². The lowest BCUT2D eigenvalue weighted by atomic mass is 10.0. The highest BCUT2D eigenvalue weighted by molar-refractivity contribution is 5.99. The molecule has 96 valence electrons. The maximum absolute atomic E-state index is 11.9. The molecular weight excluding hydrogens is 228 g/mol. The van der Waals surface area contributed by atoms with Crippen LogP contribution in [-0.4, -0.2) is 19.1 Å². The lowest BCUT2D eigenvalue weighted by molar-refractivity contribution is -0.125. The molecule has 1 aromatic carbocycles. The number of fused-ring (bicyclic) bond motifs is 1. The minimum absolute atomic E-state index is 0.0142. The summed E-state index contributed by atoms with van der Waals surface area (Å²) in [5, 5.41) is 0. The fourth-order valence-electron chi connectivity index (χ4n) is 2.46. The van der Waals surface area contributed by atoms with Crippen molar-refractivity contribution in [3.8, 4) is 5.75 Å². The zero-order valence-electron chi connectivity index (χ0n) is 10.7. The van der Waals surface area contributed by atoms with Crippen molar-refractivity contribution in [1.29, 1.82) is 0 Å². The van der Waals surface area contributed by atoms with E-state index in [1.807, 2.05) is 18.2 Å². The Bertz CT molecular complexity index is 497. The average Bonchev–Trinajstić information content (AvgIpc) is 3.19. The third-order valence-corrected chi connectivity index (χ3v) is 3.84. The molecule has 4 nitrogen and oxygen atoms in total. The van der Waals surface area contributed by atoms with Gasteiger partial charge in [-0.3, -0.25) is 4.79 Å². The Morgan fingerprint density at radius 1 is 1.44 bits per heavy atom. The van der Waals surface area contributed by atoms with Crippen molar-refractivity contribution in [2.24, 2.45) is 11.7 Å². The van der Waals surface area contributed by atoms with Crippen molar-refractivity contribution in [2.45, 2.75) is 31.9 Å². The van der Waals surface area contributed by atoms with Gasteiger partial charge in [0.2, 0.25) is 0 Å². The summed E-state index contributed by atoms with van der Waals surface area (Å²) < 4.78 is 5.59. The number of carbonyl (C=O) groups excluding carboxylic acids is 1. The van der Waals surface area contributed by atoms with Crippen LogP contribution in [0.5, 0.6) is 5.75 Å². The summed E-state index contributed by atoms with van der Waals surface area (Å²) in [5.41, 5.74) is 8.11. The number of amides is 1. The molecule has 3 rings (SSSR count). The fourth-order valence-corrected chi connectivity index (χ4v) is 2.46. The van der Waals surface area contributed by atoms with Crippen molar-refractivity contribution >= 4 is 11.6 Å². The number of carbonyl (C=O) groups is 1. The predicted octanol–water partition coefficient (Wildman–Crippen LogP) is 1.84. The van der Waals surface area contributed by atoms with E-state index in [9.17, 15) is 4.79 Å². The highest BCUT2D eigenvalue weighted by Gasteiger charge is 2.32.